The molecule has 1 atom stereocenters. The van der Waals surface area contributed by atoms with Gasteiger partial charge in [-0.05, 0) is 62.9 Å². The molecule has 1 rings (SSSR count). The highest BCUT2D eigenvalue weighted by molar-refractivity contribution is 4.85. The van der Waals surface area contributed by atoms with Crippen LogP contribution in [0.3, 0.4) is 0 Å². The highest BCUT2D eigenvalue weighted by atomic mass is 15.2. The average Bonchev–Trinajstić information content (AvgIpc) is 3.09. The molecule has 1 saturated carbocycles. The third-order valence-corrected chi connectivity index (χ3v) is 4.16. The van der Waals surface area contributed by atoms with Gasteiger partial charge >= 0.3 is 0 Å². The van der Waals surface area contributed by atoms with Crippen molar-refractivity contribution in [2.45, 2.75) is 65.8 Å². The quantitative estimate of drug-likeness (QED) is 0.646. The van der Waals surface area contributed by atoms with E-state index in [1.807, 2.05) is 0 Å². The van der Waals surface area contributed by atoms with Crippen LogP contribution in [0.2, 0.25) is 0 Å². The molecule has 0 aromatic rings. The maximum absolute atomic E-state index is 5.71. The van der Waals surface area contributed by atoms with Crippen molar-refractivity contribution in [1.82, 2.24) is 4.90 Å². The Kier molecular flexibility index (Phi) is 7.25. The van der Waals surface area contributed by atoms with Crippen molar-refractivity contribution >= 4 is 0 Å². The summed E-state index contributed by atoms with van der Waals surface area (Å²) in [5, 5.41) is 0. The second kappa shape index (κ2) is 8.16. The molecule has 0 spiro atoms. The lowest BCUT2D eigenvalue weighted by Gasteiger charge is -2.26. The summed E-state index contributed by atoms with van der Waals surface area (Å²) in [5.74, 6) is 2.42. The molecular formula is C16H34N2. The van der Waals surface area contributed by atoms with Gasteiger partial charge in [0.1, 0.15) is 0 Å². The molecule has 0 heterocycles. The molecule has 0 aromatic heterocycles. The Hall–Kier alpha value is -0.0800. The fourth-order valence-corrected chi connectivity index (χ4v) is 2.91. The fraction of sp³-hybridized carbons (Fsp3) is 1.00. The second-order valence-electron chi connectivity index (χ2n) is 6.84. The average molecular weight is 254 g/mol. The van der Waals surface area contributed by atoms with Gasteiger partial charge in [-0.1, -0.05) is 27.7 Å². The molecule has 0 amide bonds. The van der Waals surface area contributed by atoms with Gasteiger partial charge in [-0.25, -0.2) is 0 Å². The third kappa shape index (κ3) is 6.19. The Morgan fingerprint density at radius 3 is 2.22 bits per heavy atom. The highest BCUT2D eigenvalue weighted by Gasteiger charge is 2.28. The summed E-state index contributed by atoms with van der Waals surface area (Å²) >= 11 is 0. The van der Waals surface area contributed by atoms with Crippen molar-refractivity contribution in [3.05, 3.63) is 0 Å². The first kappa shape index (κ1) is 16.0. The number of nitrogens with zero attached hydrogens (tertiary/aromatic N) is 1. The van der Waals surface area contributed by atoms with E-state index in [2.05, 4.69) is 32.6 Å². The SMILES string of the molecule is CC(C)CN(CCCC(CCN)C(C)C)C1CC1. The van der Waals surface area contributed by atoms with E-state index in [1.54, 1.807) is 0 Å². The van der Waals surface area contributed by atoms with Crippen molar-refractivity contribution in [2.24, 2.45) is 23.5 Å². The van der Waals surface area contributed by atoms with E-state index in [4.69, 9.17) is 5.73 Å². The maximum Gasteiger partial charge on any atom is 0.00965 e. The van der Waals surface area contributed by atoms with E-state index < -0.39 is 0 Å². The maximum atomic E-state index is 5.71. The molecule has 108 valence electrons. The molecule has 2 N–H and O–H groups in total. The minimum Gasteiger partial charge on any atom is -0.330 e. The van der Waals surface area contributed by atoms with Crippen LogP contribution in [0.25, 0.3) is 0 Å². The Morgan fingerprint density at radius 2 is 1.78 bits per heavy atom. The van der Waals surface area contributed by atoms with Gasteiger partial charge in [-0.3, -0.25) is 0 Å². The normalized spacial score (nSPS) is 18.0. The summed E-state index contributed by atoms with van der Waals surface area (Å²) in [4.78, 5) is 2.73. The van der Waals surface area contributed by atoms with Gasteiger partial charge in [-0.2, -0.15) is 0 Å². The molecule has 1 unspecified atom stereocenters. The van der Waals surface area contributed by atoms with Crippen molar-refractivity contribution in [3.63, 3.8) is 0 Å². The van der Waals surface area contributed by atoms with Crippen LogP contribution >= 0.6 is 0 Å². The molecule has 1 fully saturated rings. The molecular weight excluding hydrogens is 220 g/mol. The summed E-state index contributed by atoms with van der Waals surface area (Å²) in [7, 11) is 0. The smallest absolute Gasteiger partial charge is 0.00965 e. The van der Waals surface area contributed by atoms with Gasteiger partial charge in [0.15, 0.2) is 0 Å². The molecule has 0 bridgehead atoms. The molecule has 18 heavy (non-hydrogen) atoms. The summed E-state index contributed by atoms with van der Waals surface area (Å²) in [5.41, 5.74) is 5.71. The lowest BCUT2D eigenvalue weighted by molar-refractivity contribution is 0.217. The van der Waals surface area contributed by atoms with E-state index in [9.17, 15) is 0 Å². The lowest BCUT2D eigenvalue weighted by Crippen LogP contribution is -2.31. The van der Waals surface area contributed by atoms with E-state index in [-0.39, 0.29) is 0 Å². The monoisotopic (exact) mass is 254 g/mol. The van der Waals surface area contributed by atoms with Crippen molar-refractivity contribution in [2.75, 3.05) is 19.6 Å². The van der Waals surface area contributed by atoms with Crippen LogP contribution < -0.4 is 5.73 Å². The topological polar surface area (TPSA) is 29.3 Å². The van der Waals surface area contributed by atoms with Gasteiger partial charge in [0.05, 0.1) is 0 Å². The minimum absolute atomic E-state index is 0.785. The summed E-state index contributed by atoms with van der Waals surface area (Å²) in [6.07, 6.45) is 6.78. The van der Waals surface area contributed by atoms with Crippen molar-refractivity contribution in [1.29, 1.82) is 0 Å². The van der Waals surface area contributed by atoms with Crippen LogP contribution in [0.5, 0.6) is 0 Å². The Morgan fingerprint density at radius 1 is 1.11 bits per heavy atom. The van der Waals surface area contributed by atoms with Gasteiger partial charge < -0.3 is 10.6 Å². The first-order valence-electron chi connectivity index (χ1n) is 7.98. The van der Waals surface area contributed by atoms with Crippen LogP contribution in [-0.4, -0.2) is 30.6 Å². The van der Waals surface area contributed by atoms with E-state index in [1.165, 1.54) is 45.2 Å². The van der Waals surface area contributed by atoms with Gasteiger partial charge in [0, 0.05) is 12.6 Å². The number of rotatable bonds is 10. The predicted molar refractivity (Wildman–Crippen MR) is 80.7 cm³/mol. The van der Waals surface area contributed by atoms with Crippen molar-refractivity contribution < 1.29 is 0 Å². The number of hydrogen-bond acceptors (Lipinski definition) is 2. The standard InChI is InChI=1S/C16H34N2/c1-13(2)12-18(16-7-8-16)11-5-6-15(9-10-17)14(3)4/h13-16H,5-12,17H2,1-4H3. The summed E-state index contributed by atoms with van der Waals surface area (Å²) in [6.45, 7) is 12.8. The zero-order chi connectivity index (χ0) is 13.5. The molecule has 0 radical (unpaired) electrons. The number of hydrogen-bond donors (Lipinski definition) is 1. The fourth-order valence-electron chi connectivity index (χ4n) is 2.91. The molecule has 0 saturated heterocycles. The van der Waals surface area contributed by atoms with Crippen LogP contribution in [0.15, 0.2) is 0 Å². The van der Waals surface area contributed by atoms with Crippen LogP contribution in [-0.2, 0) is 0 Å². The van der Waals surface area contributed by atoms with Gasteiger partial charge in [0.25, 0.3) is 0 Å². The number of nitrogens with two attached hydrogens (primary N) is 1. The molecule has 2 heteroatoms. The van der Waals surface area contributed by atoms with E-state index in [0.717, 1.165) is 30.3 Å². The minimum atomic E-state index is 0.785. The molecule has 1 aliphatic rings. The second-order valence-corrected chi connectivity index (χ2v) is 6.84. The predicted octanol–water partition coefficient (Wildman–Crippen LogP) is 3.51. The van der Waals surface area contributed by atoms with Gasteiger partial charge in [-0.15, -0.1) is 0 Å². The van der Waals surface area contributed by atoms with Gasteiger partial charge in [0.2, 0.25) is 0 Å². The first-order valence-corrected chi connectivity index (χ1v) is 7.98. The molecule has 1 aliphatic carbocycles. The highest BCUT2D eigenvalue weighted by Crippen LogP contribution is 2.28. The first-order chi connectivity index (χ1) is 8.54. The van der Waals surface area contributed by atoms with Crippen LogP contribution in [0, 0.1) is 17.8 Å². The summed E-state index contributed by atoms with van der Waals surface area (Å²) < 4.78 is 0. The zero-order valence-corrected chi connectivity index (χ0v) is 13.0. The zero-order valence-electron chi connectivity index (χ0n) is 13.0. The Balaban J connectivity index is 2.24. The van der Waals surface area contributed by atoms with E-state index in [0.29, 0.717) is 0 Å². The summed E-state index contributed by atoms with van der Waals surface area (Å²) in [6, 6.07) is 0.916. The Bertz CT molecular complexity index is 209. The third-order valence-electron chi connectivity index (χ3n) is 4.16. The lowest BCUT2D eigenvalue weighted by atomic mass is 9.88. The van der Waals surface area contributed by atoms with E-state index >= 15 is 0 Å². The van der Waals surface area contributed by atoms with Crippen molar-refractivity contribution in [3.8, 4) is 0 Å². The molecule has 0 aromatic carbocycles. The molecule has 0 aliphatic heterocycles. The van der Waals surface area contributed by atoms with Crippen LogP contribution in [0.1, 0.15) is 59.8 Å². The Labute approximate surface area is 114 Å². The van der Waals surface area contributed by atoms with Crippen LogP contribution in [0.4, 0.5) is 0 Å². The molecule has 2 nitrogen and oxygen atoms in total. The largest absolute Gasteiger partial charge is 0.330 e.